The lowest BCUT2D eigenvalue weighted by Crippen LogP contribution is -2.37. The molecule has 0 rings (SSSR count). The van der Waals surface area contributed by atoms with Gasteiger partial charge in [0.25, 0.3) is 7.82 Å². The van der Waals surface area contributed by atoms with Crippen molar-refractivity contribution < 1.29 is 42.1 Å². The second-order valence-corrected chi connectivity index (χ2v) is 29.9. The molecule has 520 valence electrons. The molecule has 0 aromatic carbocycles. The van der Waals surface area contributed by atoms with E-state index in [-0.39, 0.29) is 32.0 Å². The summed E-state index contributed by atoms with van der Waals surface area (Å²) >= 11 is 0. The van der Waals surface area contributed by atoms with Crippen molar-refractivity contribution in [1.29, 1.82) is 0 Å². The molecule has 0 N–H and O–H groups in total. The van der Waals surface area contributed by atoms with Crippen LogP contribution in [-0.2, 0) is 32.7 Å². The highest BCUT2D eigenvalue weighted by molar-refractivity contribution is 7.45. The molecule has 0 aromatic heterocycles. The zero-order valence-corrected chi connectivity index (χ0v) is 60.4. The smallest absolute Gasteiger partial charge is 0.306 e. The number of rotatable bonds is 75. The topological polar surface area (TPSA) is 111 Å². The summed E-state index contributed by atoms with van der Waals surface area (Å²) in [7, 11) is 1.20. The summed E-state index contributed by atoms with van der Waals surface area (Å²) in [6.45, 7) is 4.35. The molecule has 0 saturated heterocycles. The van der Waals surface area contributed by atoms with E-state index >= 15 is 0 Å². The second kappa shape index (κ2) is 69.4. The van der Waals surface area contributed by atoms with Crippen molar-refractivity contribution in [2.24, 2.45) is 0 Å². The van der Waals surface area contributed by atoms with Crippen LogP contribution in [0.1, 0.15) is 431 Å². The number of phosphoric ester groups is 1. The Morgan fingerprint density at radius 3 is 0.736 bits per heavy atom. The average Bonchev–Trinajstić information content (AvgIpc) is 3.50. The maximum absolute atomic E-state index is 12.9. The van der Waals surface area contributed by atoms with Gasteiger partial charge in [0.1, 0.15) is 19.8 Å². The van der Waals surface area contributed by atoms with Gasteiger partial charge in [-0.25, -0.2) is 0 Å². The fraction of sp³-hybridized carbons (Fsp3) is 0.974. The molecule has 0 aliphatic rings. The zero-order valence-electron chi connectivity index (χ0n) is 59.5. The summed E-state index contributed by atoms with van der Waals surface area (Å²) in [6.07, 6.45) is 85.2. The van der Waals surface area contributed by atoms with Crippen LogP contribution in [0, 0.1) is 0 Å². The minimum atomic E-state index is -4.64. The molecule has 0 aromatic rings. The van der Waals surface area contributed by atoms with Crippen LogP contribution in [0.2, 0.25) is 0 Å². The van der Waals surface area contributed by atoms with Crippen LogP contribution in [-0.4, -0.2) is 70.0 Å². The first-order chi connectivity index (χ1) is 42.5. The maximum Gasteiger partial charge on any atom is 0.306 e. The number of hydrogen-bond donors (Lipinski definition) is 0. The Balaban J connectivity index is 3.90. The molecule has 0 radical (unpaired) electrons. The quantitative estimate of drug-likeness (QED) is 0.0256. The number of phosphoric acid groups is 1. The van der Waals surface area contributed by atoms with E-state index < -0.39 is 26.5 Å². The van der Waals surface area contributed by atoms with Crippen LogP contribution in [0.5, 0.6) is 0 Å². The molecular weight excluding hydrogens is 1100 g/mol. The van der Waals surface area contributed by atoms with E-state index in [9.17, 15) is 19.0 Å². The van der Waals surface area contributed by atoms with Gasteiger partial charge in [-0.3, -0.25) is 14.2 Å². The monoisotopic (exact) mass is 1250 g/mol. The zero-order chi connectivity index (χ0) is 63.4. The minimum absolute atomic E-state index is 0.0247. The summed E-state index contributed by atoms with van der Waals surface area (Å²) in [6, 6.07) is 0. The molecule has 0 amide bonds. The van der Waals surface area contributed by atoms with Crippen molar-refractivity contribution in [3.05, 3.63) is 0 Å². The Morgan fingerprint density at radius 1 is 0.310 bits per heavy atom. The number of nitrogens with zero attached hydrogens (tertiary/aromatic N) is 1. The Morgan fingerprint density at radius 2 is 0.517 bits per heavy atom. The largest absolute Gasteiger partial charge is 0.756 e. The van der Waals surface area contributed by atoms with Gasteiger partial charge in [0.15, 0.2) is 6.10 Å². The van der Waals surface area contributed by atoms with Gasteiger partial charge in [0.2, 0.25) is 0 Å². The van der Waals surface area contributed by atoms with Gasteiger partial charge >= 0.3 is 11.9 Å². The van der Waals surface area contributed by atoms with Gasteiger partial charge in [-0.05, 0) is 12.8 Å². The lowest BCUT2D eigenvalue weighted by molar-refractivity contribution is -0.870. The normalized spacial score (nSPS) is 12.9. The Kier molecular flexibility index (Phi) is 68.6. The Bertz CT molecular complexity index is 1420. The van der Waals surface area contributed by atoms with E-state index in [2.05, 4.69) is 13.8 Å². The highest BCUT2D eigenvalue weighted by Crippen LogP contribution is 2.38. The predicted molar refractivity (Wildman–Crippen MR) is 375 cm³/mol. The predicted octanol–water partition coefficient (Wildman–Crippen LogP) is 25.0. The average molecular weight is 1250 g/mol. The third-order valence-electron chi connectivity index (χ3n) is 18.4. The Labute approximate surface area is 544 Å². The van der Waals surface area contributed by atoms with E-state index in [1.807, 2.05) is 21.1 Å². The summed E-state index contributed by atoms with van der Waals surface area (Å²) < 4.78 is 34.4. The summed E-state index contributed by atoms with van der Waals surface area (Å²) in [5.74, 6) is -0.801. The standard InChI is InChI=1S/C77H154NO8P/c1-6-8-10-12-14-16-18-20-22-24-26-28-30-32-34-36-38-39-40-42-44-46-48-50-52-54-56-58-60-62-64-66-68-70-77(80)86-75(74-85-87(81,82)84-72-71-78(3,4)5)73-83-76(79)69-67-65-63-61-59-57-55-53-51-49-47-45-43-41-37-35-33-31-29-27-25-23-21-19-17-15-13-11-9-7-2/h75H,6-74H2,1-5H3. The summed E-state index contributed by atoms with van der Waals surface area (Å²) in [4.78, 5) is 38.1. The van der Waals surface area contributed by atoms with E-state index in [1.165, 1.54) is 366 Å². The number of ether oxygens (including phenoxy) is 2. The molecule has 10 heteroatoms. The first-order valence-corrected chi connectivity index (χ1v) is 40.7. The van der Waals surface area contributed by atoms with Crippen molar-refractivity contribution in [2.45, 2.75) is 437 Å². The molecule has 0 bridgehead atoms. The summed E-state index contributed by atoms with van der Waals surface area (Å²) in [5.41, 5.74) is 0. The molecule has 0 saturated carbocycles. The van der Waals surface area contributed by atoms with Crippen molar-refractivity contribution >= 4 is 19.8 Å². The van der Waals surface area contributed by atoms with Crippen molar-refractivity contribution in [3.63, 3.8) is 0 Å². The maximum atomic E-state index is 12.9. The first kappa shape index (κ1) is 86.0. The molecule has 0 aliphatic heterocycles. The van der Waals surface area contributed by atoms with Crippen LogP contribution in [0.15, 0.2) is 0 Å². The molecule has 0 aliphatic carbocycles. The van der Waals surface area contributed by atoms with Gasteiger partial charge in [-0.15, -0.1) is 0 Å². The van der Waals surface area contributed by atoms with Gasteiger partial charge in [-0.1, -0.05) is 406 Å². The Hall–Kier alpha value is -0.990. The van der Waals surface area contributed by atoms with Crippen LogP contribution < -0.4 is 4.89 Å². The number of esters is 2. The third-order valence-corrected chi connectivity index (χ3v) is 19.3. The number of hydrogen-bond acceptors (Lipinski definition) is 8. The van der Waals surface area contributed by atoms with Gasteiger partial charge in [0, 0.05) is 12.8 Å². The third kappa shape index (κ3) is 73.9. The van der Waals surface area contributed by atoms with Crippen molar-refractivity contribution in [2.75, 3.05) is 47.5 Å². The summed E-state index contributed by atoms with van der Waals surface area (Å²) in [5, 5.41) is 0. The molecule has 0 fully saturated rings. The van der Waals surface area contributed by atoms with Gasteiger partial charge in [-0.2, -0.15) is 0 Å². The van der Waals surface area contributed by atoms with Gasteiger partial charge < -0.3 is 27.9 Å². The van der Waals surface area contributed by atoms with Crippen LogP contribution in [0.25, 0.3) is 0 Å². The highest BCUT2D eigenvalue weighted by atomic mass is 31.2. The van der Waals surface area contributed by atoms with Crippen molar-refractivity contribution in [1.82, 2.24) is 0 Å². The van der Waals surface area contributed by atoms with E-state index in [0.29, 0.717) is 17.4 Å². The fourth-order valence-electron chi connectivity index (χ4n) is 12.4. The van der Waals surface area contributed by atoms with Gasteiger partial charge in [0.05, 0.1) is 27.7 Å². The molecule has 87 heavy (non-hydrogen) atoms. The van der Waals surface area contributed by atoms with Crippen LogP contribution >= 0.6 is 7.82 Å². The second-order valence-electron chi connectivity index (χ2n) is 28.5. The SMILES string of the molecule is CCCCCCCCCCCCCCCCCCCCCCCCCCCCCCCCCCCC(=O)OC(COC(=O)CCCCCCCCCCCCCCCCCCCCCCCCCCCCCCCC)COP(=O)([O-])OCC[N+](C)(C)C. The molecule has 0 heterocycles. The van der Waals surface area contributed by atoms with E-state index in [0.717, 1.165) is 32.1 Å². The molecule has 0 spiro atoms. The molecule has 2 unspecified atom stereocenters. The van der Waals surface area contributed by atoms with Crippen LogP contribution in [0.3, 0.4) is 0 Å². The molecule has 9 nitrogen and oxygen atoms in total. The highest BCUT2D eigenvalue weighted by Gasteiger charge is 2.22. The molecular formula is C77H154NO8P. The lowest BCUT2D eigenvalue weighted by atomic mass is 10.0. The number of carbonyl (C=O) groups excluding carboxylic acids is 2. The lowest BCUT2D eigenvalue weighted by Gasteiger charge is -2.28. The number of unbranched alkanes of at least 4 members (excludes halogenated alkanes) is 61. The fourth-order valence-corrected chi connectivity index (χ4v) is 13.1. The molecule has 2 atom stereocenters. The minimum Gasteiger partial charge on any atom is -0.756 e. The number of carbonyl (C=O) groups is 2. The number of quaternary nitrogens is 1. The number of likely N-dealkylation sites (N-methyl/N-ethyl adjacent to an activating group) is 1. The van der Waals surface area contributed by atoms with Crippen LogP contribution in [0.4, 0.5) is 0 Å². The van der Waals surface area contributed by atoms with E-state index in [4.69, 9.17) is 18.5 Å². The van der Waals surface area contributed by atoms with Crippen molar-refractivity contribution in [3.8, 4) is 0 Å². The van der Waals surface area contributed by atoms with E-state index in [1.54, 1.807) is 0 Å². The first-order valence-electron chi connectivity index (χ1n) is 39.2.